The topological polar surface area (TPSA) is 45.2 Å². The highest BCUT2D eigenvalue weighted by Crippen LogP contribution is 2.20. The van der Waals surface area contributed by atoms with Gasteiger partial charge in [0.25, 0.3) is 5.91 Å². The summed E-state index contributed by atoms with van der Waals surface area (Å²) in [5.41, 5.74) is 1.46. The molecule has 5 heteroatoms. The number of hydrogen-bond acceptors (Lipinski definition) is 3. The average molecular weight is 318 g/mol. The maximum absolute atomic E-state index is 12.3. The van der Waals surface area contributed by atoms with Crippen molar-refractivity contribution in [2.45, 2.75) is 12.5 Å². The number of nitrogens with zero attached hydrogens (tertiary/aromatic N) is 2. The molecule has 0 saturated carbocycles. The van der Waals surface area contributed by atoms with Crippen LogP contribution >= 0.6 is 11.6 Å². The molecule has 2 aromatic rings. The third-order valence-corrected chi connectivity index (χ3v) is 3.59. The third-order valence-electron chi connectivity index (χ3n) is 3.34. The molecule has 0 aliphatic rings. The van der Waals surface area contributed by atoms with Crippen LogP contribution in [0.4, 0.5) is 0 Å². The van der Waals surface area contributed by atoms with E-state index in [1.807, 2.05) is 38.4 Å². The molecule has 4 nitrogen and oxygen atoms in total. The first-order valence-electron chi connectivity index (χ1n) is 7.18. The van der Waals surface area contributed by atoms with Crippen LogP contribution in [-0.2, 0) is 0 Å². The van der Waals surface area contributed by atoms with Gasteiger partial charge >= 0.3 is 0 Å². The van der Waals surface area contributed by atoms with E-state index in [0.29, 0.717) is 10.7 Å². The van der Waals surface area contributed by atoms with E-state index in [4.69, 9.17) is 11.6 Å². The number of pyridine rings is 1. The minimum Gasteiger partial charge on any atom is -0.344 e. The molecule has 2 rings (SSSR count). The second-order valence-electron chi connectivity index (χ2n) is 5.38. The molecule has 0 saturated heterocycles. The van der Waals surface area contributed by atoms with Gasteiger partial charge in [0, 0.05) is 11.2 Å². The van der Waals surface area contributed by atoms with Crippen LogP contribution in [0.25, 0.3) is 0 Å². The maximum Gasteiger partial charge on any atom is 0.270 e. The van der Waals surface area contributed by atoms with Gasteiger partial charge in [-0.15, -0.1) is 0 Å². The van der Waals surface area contributed by atoms with Crippen molar-refractivity contribution in [3.8, 4) is 0 Å². The SMILES string of the molecule is CN(C)CCC(NC(=O)c1ccccn1)c1ccc(Cl)cc1. The van der Waals surface area contributed by atoms with Crippen molar-refractivity contribution in [1.82, 2.24) is 15.2 Å². The number of benzene rings is 1. The molecule has 0 aliphatic carbocycles. The summed E-state index contributed by atoms with van der Waals surface area (Å²) in [6, 6.07) is 12.8. The highest BCUT2D eigenvalue weighted by molar-refractivity contribution is 6.30. The summed E-state index contributed by atoms with van der Waals surface area (Å²) in [4.78, 5) is 18.5. The number of nitrogens with one attached hydrogen (secondary N) is 1. The number of aromatic nitrogens is 1. The second kappa shape index (κ2) is 7.92. The van der Waals surface area contributed by atoms with Gasteiger partial charge < -0.3 is 10.2 Å². The van der Waals surface area contributed by atoms with E-state index in [0.717, 1.165) is 18.5 Å². The minimum absolute atomic E-state index is 0.0748. The summed E-state index contributed by atoms with van der Waals surface area (Å²) >= 11 is 5.94. The second-order valence-corrected chi connectivity index (χ2v) is 5.82. The van der Waals surface area contributed by atoms with Crippen molar-refractivity contribution in [3.63, 3.8) is 0 Å². The van der Waals surface area contributed by atoms with E-state index in [1.54, 1.807) is 24.4 Å². The molecule has 1 unspecified atom stereocenters. The molecule has 1 amide bonds. The molecule has 22 heavy (non-hydrogen) atoms. The molecule has 1 atom stereocenters. The van der Waals surface area contributed by atoms with Gasteiger partial charge in [0.1, 0.15) is 5.69 Å². The van der Waals surface area contributed by atoms with Gasteiger partial charge in [0.15, 0.2) is 0 Å². The van der Waals surface area contributed by atoms with Crippen molar-refractivity contribution >= 4 is 17.5 Å². The Morgan fingerprint density at radius 1 is 1.23 bits per heavy atom. The summed E-state index contributed by atoms with van der Waals surface area (Å²) in [6.07, 6.45) is 2.43. The molecule has 116 valence electrons. The monoisotopic (exact) mass is 317 g/mol. The Morgan fingerprint density at radius 2 is 1.95 bits per heavy atom. The number of carbonyl (C=O) groups is 1. The van der Waals surface area contributed by atoms with E-state index in [9.17, 15) is 4.79 Å². The number of carbonyl (C=O) groups excluding carboxylic acids is 1. The molecule has 1 heterocycles. The van der Waals surface area contributed by atoms with Gasteiger partial charge in [0.2, 0.25) is 0 Å². The Hall–Kier alpha value is -1.91. The van der Waals surface area contributed by atoms with E-state index in [1.165, 1.54) is 0 Å². The number of halogens is 1. The van der Waals surface area contributed by atoms with Crippen molar-refractivity contribution in [1.29, 1.82) is 0 Å². The van der Waals surface area contributed by atoms with Crippen molar-refractivity contribution in [2.75, 3.05) is 20.6 Å². The molecule has 1 aromatic carbocycles. The van der Waals surface area contributed by atoms with Crippen LogP contribution in [0.1, 0.15) is 28.5 Å². The van der Waals surface area contributed by atoms with Gasteiger partial charge in [0.05, 0.1) is 6.04 Å². The number of amides is 1. The summed E-state index contributed by atoms with van der Waals surface area (Å²) < 4.78 is 0. The lowest BCUT2D eigenvalue weighted by atomic mass is 10.0. The Labute approximate surface area is 136 Å². The Bertz CT molecular complexity index is 599. The zero-order chi connectivity index (χ0) is 15.9. The van der Waals surface area contributed by atoms with Gasteiger partial charge in [-0.1, -0.05) is 29.8 Å². The van der Waals surface area contributed by atoms with Crippen molar-refractivity contribution in [3.05, 3.63) is 64.9 Å². The molecular formula is C17H20ClN3O. The molecule has 1 aromatic heterocycles. The molecule has 0 radical (unpaired) electrons. The van der Waals surface area contributed by atoms with Crippen LogP contribution in [0.15, 0.2) is 48.7 Å². The molecule has 0 aliphatic heterocycles. The van der Waals surface area contributed by atoms with Crippen molar-refractivity contribution < 1.29 is 4.79 Å². The highest BCUT2D eigenvalue weighted by atomic mass is 35.5. The fourth-order valence-corrected chi connectivity index (χ4v) is 2.26. The van der Waals surface area contributed by atoms with Gasteiger partial charge in [-0.05, 0) is 56.9 Å². The maximum atomic E-state index is 12.3. The van der Waals surface area contributed by atoms with Crippen LogP contribution in [0, 0.1) is 0 Å². The van der Waals surface area contributed by atoms with Gasteiger partial charge in [-0.3, -0.25) is 9.78 Å². The fraction of sp³-hybridized carbons (Fsp3) is 0.294. The first kappa shape index (κ1) is 16.5. The molecule has 0 bridgehead atoms. The van der Waals surface area contributed by atoms with E-state index >= 15 is 0 Å². The van der Waals surface area contributed by atoms with E-state index in [-0.39, 0.29) is 11.9 Å². The van der Waals surface area contributed by atoms with Crippen LogP contribution < -0.4 is 5.32 Å². The number of hydrogen-bond donors (Lipinski definition) is 1. The lowest BCUT2D eigenvalue weighted by Gasteiger charge is -2.21. The zero-order valence-corrected chi connectivity index (χ0v) is 13.5. The van der Waals surface area contributed by atoms with Crippen LogP contribution in [0.3, 0.4) is 0 Å². The lowest BCUT2D eigenvalue weighted by Crippen LogP contribution is -2.31. The summed E-state index contributed by atoms with van der Waals surface area (Å²) in [5.74, 6) is -0.167. The van der Waals surface area contributed by atoms with Crippen LogP contribution in [0.5, 0.6) is 0 Å². The largest absolute Gasteiger partial charge is 0.344 e. The van der Waals surface area contributed by atoms with Crippen molar-refractivity contribution in [2.24, 2.45) is 0 Å². The van der Waals surface area contributed by atoms with Gasteiger partial charge in [-0.25, -0.2) is 0 Å². The Balaban J connectivity index is 2.13. The van der Waals surface area contributed by atoms with Crippen LogP contribution in [0.2, 0.25) is 5.02 Å². The zero-order valence-electron chi connectivity index (χ0n) is 12.8. The lowest BCUT2D eigenvalue weighted by molar-refractivity contribution is 0.0927. The standard InChI is InChI=1S/C17H20ClN3O/c1-21(2)12-10-15(13-6-8-14(18)9-7-13)20-17(22)16-5-3-4-11-19-16/h3-9,11,15H,10,12H2,1-2H3,(H,20,22). The smallest absolute Gasteiger partial charge is 0.270 e. The third kappa shape index (κ3) is 4.83. The predicted octanol–water partition coefficient (Wildman–Crippen LogP) is 3.16. The molecule has 1 N–H and O–H groups in total. The summed E-state index contributed by atoms with van der Waals surface area (Å²) in [6.45, 7) is 0.871. The Morgan fingerprint density at radius 3 is 2.55 bits per heavy atom. The highest BCUT2D eigenvalue weighted by Gasteiger charge is 2.16. The van der Waals surface area contributed by atoms with E-state index < -0.39 is 0 Å². The fourth-order valence-electron chi connectivity index (χ4n) is 2.13. The molecular weight excluding hydrogens is 298 g/mol. The molecule has 0 fully saturated rings. The number of rotatable bonds is 6. The first-order chi connectivity index (χ1) is 10.6. The Kier molecular flexibility index (Phi) is 5.92. The normalized spacial score (nSPS) is 12.2. The summed E-state index contributed by atoms with van der Waals surface area (Å²) in [5, 5.41) is 3.74. The molecule has 0 spiro atoms. The summed E-state index contributed by atoms with van der Waals surface area (Å²) in [7, 11) is 4.03. The minimum atomic E-state index is -0.167. The average Bonchev–Trinajstić information content (AvgIpc) is 2.53. The van der Waals surface area contributed by atoms with E-state index in [2.05, 4.69) is 15.2 Å². The van der Waals surface area contributed by atoms with Gasteiger partial charge in [-0.2, -0.15) is 0 Å². The quantitative estimate of drug-likeness (QED) is 0.890. The van der Waals surface area contributed by atoms with Crippen LogP contribution in [-0.4, -0.2) is 36.4 Å². The first-order valence-corrected chi connectivity index (χ1v) is 7.56. The predicted molar refractivity (Wildman–Crippen MR) is 89.1 cm³/mol.